The number of allylic oxidation sites excluding steroid dienone is 1. The van der Waals surface area contributed by atoms with Crippen LogP contribution in [0.15, 0.2) is 54.9 Å². The van der Waals surface area contributed by atoms with Gasteiger partial charge in [0.05, 0.1) is 12.7 Å². The Hall–Kier alpha value is -3.17. The summed E-state index contributed by atoms with van der Waals surface area (Å²) in [7, 11) is -4.29. The molecule has 1 saturated heterocycles. The van der Waals surface area contributed by atoms with E-state index in [0.29, 0.717) is 5.70 Å². The van der Waals surface area contributed by atoms with Crippen LogP contribution in [-0.4, -0.2) is 69.9 Å². The smallest absolute Gasteiger partial charge is 0.459 e. The van der Waals surface area contributed by atoms with Crippen molar-refractivity contribution >= 4 is 19.7 Å². The van der Waals surface area contributed by atoms with Gasteiger partial charge in [0, 0.05) is 11.9 Å². The second-order valence-electron chi connectivity index (χ2n) is 8.65. The fourth-order valence-corrected chi connectivity index (χ4v) is 5.01. The minimum Gasteiger partial charge on any atom is -0.462 e. The molecule has 1 fully saturated rings. The van der Waals surface area contributed by atoms with Gasteiger partial charge < -0.3 is 29.5 Å². The van der Waals surface area contributed by atoms with Gasteiger partial charge in [-0.25, -0.2) is 9.36 Å². The highest BCUT2D eigenvalue weighted by Crippen LogP contribution is 2.46. The normalized spacial score (nSPS) is 27.8. The van der Waals surface area contributed by atoms with Crippen molar-refractivity contribution in [3.63, 3.8) is 0 Å². The SMILES string of the molecule is C#C[C@@]1(O)[C@H](O)[C@@H](CO[P@@](=O)(N[C@@H](C)C(=O)OC(C)C)Oc2ccccc2)O[C@H]1N1C=CC(=C)NC1=O. The number of terminal acetylenes is 1. The van der Waals surface area contributed by atoms with Gasteiger partial charge in [0.2, 0.25) is 0 Å². The average Bonchev–Trinajstić information content (AvgIpc) is 3.08. The number of carbonyl (C=O) groups excluding carboxylic acids is 2. The van der Waals surface area contributed by atoms with E-state index in [-0.39, 0.29) is 5.75 Å². The number of aliphatic hydroxyl groups excluding tert-OH is 1. The first kappa shape index (κ1) is 28.4. The van der Waals surface area contributed by atoms with Crippen LogP contribution in [0.5, 0.6) is 5.75 Å². The van der Waals surface area contributed by atoms with Crippen molar-refractivity contribution in [3.8, 4) is 18.1 Å². The number of carbonyl (C=O) groups is 2. The lowest BCUT2D eigenvalue weighted by Gasteiger charge is -2.34. The number of benzene rings is 1. The molecule has 0 radical (unpaired) electrons. The third kappa shape index (κ3) is 6.59. The predicted octanol–water partition coefficient (Wildman–Crippen LogP) is 1.62. The average molecular weight is 535 g/mol. The molecule has 2 amide bonds. The largest absolute Gasteiger partial charge is 0.462 e. The molecule has 0 saturated carbocycles. The number of esters is 1. The van der Waals surface area contributed by atoms with E-state index >= 15 is 0 Å². The Balaban J connectivity index is 1.80. The zero-order chi connectivity index (χ0) is 27.4. The van der Waals surface area contributed by atoms with Gasteiger partial charge in [-0.2, -0.15) is 5.09 Å². The minimum atomic E-state index is -4.29. The van der Waals surface area contributed by atoms with Crippen LogP contribution >= 0.6 is 7.75 Å². The molecule has 1 aromatic carbocycles. The van der Waals surface area contributed by atoms with E-state index in [1.807, 2.05) is 0 Å². The summed E-state index contributed by atoms with van der Waals surface area (Å²) >= 11 is 0. The van der Waals surface area contributed by atoms with Crippen LogP contribution in [0.25, 0.3) is 0 Å². The molecule has 2 aliphatic rings. The van der Waals surface area contributed by atoms with Crippen molar-refractivity contribution in [1.82, 2.24) is 15.3 Å². The van der Waals surface area contributed by atoms with Crippen LogP contribution in [0.1, 0.15) is 20.8 Å². The summed E-state index contributed by atoms with van der Waals surface area (Å²) in [4.78, 5) is 25.7. The Morgan fingerprint density at radius 2 is 2.05 bits per heavy atom. The maximum absolute atomic E-state index is 13.7. The molecule has 1 aromatic rings. The van der Waals surface area contributed by atoms with Gasteiger partial charge in [0.15, 0.2) is 11.8 Å². The van der Waals surface area contributed by atoms with Gasteiger partial charge in [0.25, 0.3) is 0 Å². The quantitative estimate of drug-likeness (QED) is 0.197. The number of hydrogen-bond donors (Lipinski definition) is 4. The summed E-state index contributed by atoms with van der Waals surface area (Å²) in [6.07, 6.45) is 3.22. The Morgan fingerprint density at radius 1 is 1.38 bits per heavy atom. The highest BCUT2D eigenvalue weighted by atomic mass is 31.2. The molecule has 13 heteroatoms. The van der Waals surface area contributed by atoms with E-state index in [9.17, 15) is 24.4 Å². The molecule has 37 heavy (non-hydrogen) atoms. The predicted molar refractivity (Wildman–Crippen MR) is 132 cm³/mol. The Morgan fingerprint density at radius 3 is 2.65 bits per heavy atom. The van der Waals surface area contributed by atoms with Gasteiger partial charge in [0.1, 0.15) is 24.0 Å². The van der Waals surface area contributed by atoms with E-state index in [0.717, 1.165) is 4.90 Å². The first-order chi connectivity index (χ1) is 17.4. The zero-order valence-electron chi connectivity index (χ0n) is 20.6. The molecule has 4 N–H and O–H groups in total. The molecule has 200 valence electrons. The minimum absolute atomic E-state index is 0.170. The number of para-hydroxylation sites is 1. The number of aliphatic hydroxyl groups is 2. The second kappa shape index (κ2) is 11.5. The highest BCUT2D eigenvalue weighted by molar-refractivity contribution is 7.52. The third-order valence-electron chi connectivity index (χ3n) is 5.34. The maximum atomic E-state index is 13.7. The Kier molecular flexibility index (Phi) is 8.81. The number of ether oxygens (including phenoxy) is 2. The lowest BCUT2D eigenvalue weighted by Crippen LogP contribution is -2.56. The molecule has 2 aliphatic heterocycles. The third-order valence-corrected chi connectivity index (χ3v) is 6.98. The molecule has 0 aromatic heterocycles. The molecule has 6 atom stereocenters. The summed E-state index contributed by atoms with van der Waals surface area (Å²) in [6, 6.07) is 6.26. The molecular weight excluding hydrogens is 505 g/mol. The fraction of sp³-hybridized carbons (Fsp3) is 0.417. The van der Waals surface area contributed by atoms with E-state index < -0.39 is 62.5 Å². The van der Waals surface area contributed by atoms with Crippen LogP contribution in [0.4, 0.5) is 4.79 Å². The van der Waals surface area contributed by atoms with E-state index in [1.54, 1.807) is 32.0 Å². The fourth-order valence-electron chi connectivity index (χ4n) is 3.51. The van der Waals surface area contributed by atoms with Crippen molar-refractivity contribution in [3.05, 3.63) is 54.9 Å². The van der Waals surface area contributed by atoms with Gasteiger partial charge in [-0.1, -0.05) is 30.7 Å². The van der Waals surface area contributed by atoms with Gasteiger partial charge in [-0.3, -0.25) is 14.2 Å². The summed E-state index contributed by atoms with van der Waals surface area (Å²) in [5.74, 6) is 1.55. The summed E-state index contributed by atoms with van der Waals surface area (Å²) in [5.41, 5.74) is -2.03. The molecule has 3 rings (SSSR count). The molecule has 0 bridgehead atoms. The van der Waals surface area contributed by atoms with E-state index in [1.165, 1.54) is 31.3 Å². The zero-order valence-corrected chi connectivity index (χ0v) is 21.5. The van der Waals surface area contributed by atoms with Crippen molar-refractivity contribution in [2.75, 3.05) is 6.61 Å². The molecule has 0 aliphatic carbocycles. The van der Waals surface area contributed by atoms with Crippen LogP contribution in [0.3, 0.4) is 0 Å². The Labute approximate surface area is 214 Å². The molecule has 2 heterocycles. The highest BCUT2D eigenvalue weighted by Gasteiger charge is 2.58. The summed E-state index contributed by atoms with van der Waals surface area (Å²) in [5, 5.41) is 26.7. The van der Waals surface area contributed by atoms with Crippen molar-refractivity contribution in [2.45, 2.75) is 57.0 Å². The first-order valence-electron chi connectivity index (χ1n) is 11.4. The Bertz CT molecular complexity index is 1140. The van der Waals surface area contributed by atoms with Crippen molar-refractivity contribution in [2.24, 2.45) is 0 Å². The van der Waals surface area contributed by atoms with Crippen LogP contribution in [0.2, 0.25) is 0 Å². The van der Waals surface area contributed by atoms with Crippen LogP contribution in [0, 0.1) is 12.3 Å². The monoisotopic (exact) mass is 535 g/mol. The number of nitrogens with one attached hydrogen (secondary N) is 2. The van der Waals surface area contributed by atoms with Crippen molar-refractivity contribution in [1.29, 1.82) is 0 Å². The number of nitrogens with zero attached hydrogens (tertiary/aromatic N) is 1. The van der Waals surface area contributed by atoms with Crippen molar-refractivity contribution < 1.29 is 42.9 Å². The van der Waals surface area contributed by atoms with Crippen LogP contribution < -0.4 is 14.9 Å². The molecule has 0 spiro atoms. The number of urea groups is 1. The van der Waals surface area contributed by atoms with Gasteiger partial charge in [-0.05, 0) is 39.0 Å². The number of rotatable bonds is 10. The summed E-state index contributed by atoms with van der Waals surface area (Å²) < 4.78 is 35.6. The van der Waals surface area contributed by atoms with Gasteiger partial charge in [-0.15, -0.1) is 6.42 Å². The summed E-state index contributed by atoms with van der Waals surface area (Å²) in [6.45, 7) is 7.75. The standard InChI is InChI=1S/C24H30N3O9P/c1-6-24(31)20(28)19(35-22(24)27-13-12-16(4)25-23(27)30)14-33-37(32,36-18-10-8-7-9-11-18)26-17(5)21(29)34-15(2)3/h1,7-13,15,17,19-20,22,28,31H,4,14H2,2-3,5H3,(H,25,30)(H,26,32)/t17-,19+,20+,22+,24+,37-/m0/s1. The number of hydrogen-bond acceptors (Lipinski definition) is 9. The lowest BCUT2D eigenvalue weighted by molar-refractivity contribution is -0.149. The van der Waals surface area contributed by atoms with E-state index in [4.69, 9.17) is 24.9 Å². The molecule has 12 nitrogen and oxygen atoms in total. The topological polar surface area (TPSA) is 156 Å². The molecular formula is C24H30N3O9P. The number of amides is 2. The van der Waals surface area contributed by atoms with Crippen LogP contribution in [-0.2, 0) is 23.4 Å². The second-order valence-corrected chi connectivity index (χ2v) is 10.3. The van der Waals surface area contributed by atoms with Gasteiger partial charge >= 0.3 is 19.7 Å². The lowest BCUT2D eigenvalue weighted by atomic mass is 9.94. The maximum Gasteiger partial charge on any atom is 0.459 e. The van der Waals surface area contributed by atoms with E-state index in [2.05, 4.69) is 22.9 Å². The first-order valence-corrected chi connectivity index (χ1v) is 12.9. The molecule has 0 unspecified atom stereocenters.